The van der Waals surface area contributed by atoms with Gasteiger partial charge in [0.2, 0.25) is 0 Å². The molecule has 1 unspecified atom stereocenters. The standard InChI is InChI=1S/C33H30N2O5/c1-37-35-32(28-10-6-3-7-11-28)24-39-30-16-12-26(13-17-30)22-38-31-18-14-27(15-19-31)29(21-34)20-33(36)40-23-25-8-4-2-5-9-25/h2-19,29H,20,22-24H2,1H3. The summed E-state index contributed by atoms with van der Waals surface area (Å²) in [5, 5.41) is 13.7. The molecule has 0 fully saturated rings. The largest absolute Gasteiger partial charge is 0.489 e. The van der Waals surface area contributed by atoms with E-state index in [0.29, 0.717) is 23.8 Å². The topological polar surface area (TPSA) is 90.1 Å². The van der Waals surface area contributed by atoms with Crippen molar-refractivity contribution in [2.24, 2.45) is 5.16 Å². The Kier molecular flexibility index (Phi) is 10.3. The second kappa shape index (κ2) is 14.7. The molecule has 7 nitrogen and oxygen atoms in total. The Morgan fingerprint density at radius 1 is 0.775 bits per heavy atom. The van der Waals surface area contributed by atoms with Gasteiger partial charge in [0.1, 0.15) is 44.1 Å². The maximum Gasteiger partial charge on any atom is 0.307 e. The summed E-state index contributed by atoms with van der Waals surface area (Å²) in [7, 11) is 1.51. The summed E-state index contributed by atoms with van der Waals surface area (Å²) in [5.74, 6) is 0.361. The maximum atomic E-state index is 12.3. The van der Waals surface area contributed by atoms with E-state index >= 15 is 0 Å². The van der Waals surface area contributed by atoms with Crippen LogP contribution in [0.15, 0.2) is 114 Å². The van der Waals surface area contributed by atoms with E-state index in [0.717, 1.165) is 22.3 Å². The van der Waals surface area contributed by atoms with Gasteiger partial charge >= 0.3 is 5.97 Å². The third kappa shape index (κ3) is 8.47. The summed E-state index contributed by atoms with van der Waals surface area (Å²) in [6.07, 6.45) is -0.0118. The van der Waals surface area contributed by atoms with Crippen LogP contribution in [-0.2, 0) is 27.6 Å². The first kappa shape index (κ1) is 27.9. The van der Waals surface area contributed by atoms with Crippen LogP contribution in [0.5, 0.6) is 11.5 Å². The zero-order chi connectivity index (χ0) is 28.0. The Labute approximate surface area is 234 Å². The lowest BCUT2D eigenvalue weighted by atomic mass is 9.97. The van der Waals surface area contributed by atoms with E-state index in [9.17, 15) is 10.1 Å². The number of benzene rings is 4. The predicted octanol–water partition coefficient (Wildman–Crippen LogP) is 6.44. The molecule has 0 aliphatic rings. The molecule has 4 aromatic carbocycles. The molecule has 0 bridgehead atoms. The van der Waals surface area contributed by atoms with E-state index in [2.05, 4.69) is 11.2 Å². The highest BCUT2D eigenvalue weighted by Gasteiger charge is 2.17. The van der Waals surface area contributed by atoms with E-state index in [1.165, 1.54) is 7.11 Å². The van der Waals surface area contributed by atoms with Gasteiger partial charge in [0.15, 0.2) is 0 Å². The molecule has 0 aliphatic carbocycles. The van der Waals surface area contributed by atoms with Gasteiger partial charge in [0, 0.05) is 5.56 Å². The molecule has 0 heterocycles. The van der Waals surface area contributed by atoms with Gasteiger partial charge in [-0.25, -0.2) is 0 Å². The average molecular weight is 535 g/mol. The van der Waals surface area contributed by atoms with E-state index in [4.69, 9.17) is 19.0 Å². The number of nitrogens with zero attached hydrogens (tertiary/aromatic N) is 2. The molecule has 0 saturated heterocycles. The zero-order valence-electron chi connectivity index (χ0n) is 22.2. The summed E-state index contributed by atoms with van der Waals surface area (Å²) in [6.45, 7) is 0.830. The minimum Gasteiger partial charge on any atom is -0.489 e. The fraction of sp³-hybridized carbons (Fsp3) is 0.182. The van der Waals surface area contributed by atoms with Crippen molar-refractivity contribution < 1.29 is 23.8 Å². The Bertz CT molecular complexity index is 1410. The van der Waals surface area contributed by atoms with Crippen molar-refractivity contribution in [2.75, 3.05) is 13.7 Å². The average Bonchev–Trinajstić information content (AvgIpc) is 3.01. The summed E-state index contributed by atoms with van der Waals surface area (Å²) in [6, 6.07) is 36.2. The monoisotopic (exact) mass is 534 g/mol. The molecule has 4 aromatic rings. The first-order chi connectivity index (χ1) is 19.6. The number of oxime groups is 1. The lowest BCUT2D eigenvalue weighted by Crippen LogP contribution is -2.13. The quantitative estimate of drug-likeness (QED) is 0.111. The summed E-state index contributed by atoms with van der Waals surface area (Å²) >= 11 is 0. The van der Waals surface area contributed by atoms with Gasteiger partial charge in [0.25, 0.3) is 0 Å². The fourth-order valence-corrected chi connectivity index (χ4v) is 3.90. The molecule has 202 valence electrons. The van der Waals surface area contributed by atoms with Crippen LogP contribution in [-0.4, -0.2) is 25.4 Å². The van der Waals surface area contributed by atoms with Gasteiger partial charge in [-0.15, -0.1) is 0 Å². The van der Waals surface area contributed by atoms with Crippen LogP contribution in [0.2, 0.25) is 0 Å². The number of esters is 1. The minimum absolute atomic E-state index is 0.0118. The molecule has 0 aliphatic heterocycles. The van der Waals surface area contributed by atoms with E-state index in [-0.39, 0.29) is 19.6 Å². The molecule has 1 atom stereocenters. The number of carbonyl (C=O) groups is 1. The van der Waals surface area contributed by atoms with Gasteiger partial charge in [-0.3, -0.25) is 4.79 Å². The van der Waals surface area contributed by atoms with E-state index < -0.39 is 11.9 Å². The maximum absolute atomic E-state index is 12.3. The predicted molar refractivity (Wildman–Crippen MR) is 152 cm³/mol. The Morgan fingerprint density at radius 2 is 1.38 bits per heavy atom. The third-order valence-electron chi connectivity index (χ3n) is 6.06. The normalized spacial score (nSPS) is 11.7. The third-order valence-corrected chi connectivity index (χ3v) is 6.06. The zero-order valence-corrected chi connectivity index (χ0v) is 22.2. The fourth-order valence-electron chi connectivity index (χ4n) is 3.90. The molecule has 4 rings (SSSR count). The van der Waals surface area contributed by atoms with Gasteiger partial charge in [0.05, 0.1) is 18.4 Å². The van der Waals surface area contributed by atoms with Gasteiger partial charge in [-0.05, 0) is 41.0 Å². The molecule has 7 heteroatoms. The Morgan fingerprint density at radius 3 is 2.02 bits per heavy atom. The molecule has 0 spiro atoms. The first-order valence-electron chi connectivity index (χ1n) is 12.8. The molecule has 0 amide bonds. The van der Waals surface area contributed by atoms with E-state index in [1.807, 2.05) is 84.9 Å². The highest BCUT2D eigenvalue weighted by Crippen LogP contribution is 2.23. The SMILES string of the molecule is CON=C(COc1ccc(COc2ccc(C(C#N)CC(=O)OCc3ccccc3)cc2)cc1)c1ccccc1. The molecular formula is C33H30N2O5. The number of carbonyl (C=O) groups excluding carboxylic acids is 1. The Hall–Kier alpha value is -5.09. The van der Waals surface area contributed by atoms with E-state index in [1.54, 1.807) is 24.3 Å². The Balaban J connectivity index is 1.24. The van der Waals surface area contributed by atoms with Crippen molar-refractivity contribution >= 4 is 11.7 Å². The van der Waals surface area contributed by atoms with Crippen molar-refractivity contribution in [3.63, 3.8) is 0 Å². The van der Waals surface area contributed by atoms with Crippen LogP contribution in [0.3, 0.4) is 0 Å². The van der Waals surface area contributed by atoms with Crippen LogP contribution in [0.25, 0.3) is 0 Å². The highest BCUT2D eigenvalue weighted by atomic mass is 16.6. The smallest absolute Gasteiger partial charge is 0.307 e. The lowest BCUT2D eigenvalue weighted by Gasteiger charge is -2.12. The van der Waals surface area contributed by atoms with Crippen molar-refractivity contribution in [1.29, 1.82) is 5.26 Å². The van der Waals surface area contributed by atoms with Gasteiger partial charge in [-0.2, -0.15) is 5.26 Å². The van der Waals surface area contributed by atoms with Crippen LogP contribution < -0.4 is 9.47 Å². The first-order valence-corrected chi connectivity index (χ1v) is 12.8. The van der Waals surface area contributed by atoms with Gasteiger partial charge < -0.3 is 19.0 Å². The molecule has 0 aromatic heterocycles. The van der Waals surface area contributed by atoms with Crippen LogP contribution in [0, 0.1) is 11.3 Å². The van der Waals surface area contributed by atoms with Crippen LogP contribution >= 0.6 is 0 Å². The minimum atomic E-state index is -0.596. The molecule has 0 saturated carbocycles. The molecule has 0 N–H and O–H groups in total. The number of hydrogen-bond donors (Lipinski definition) is 0. The second-order valence-corrected chi connectivity index (χ2v) is 8.91. The highest BCUT2D eigenvalue weighted by molar-refractivity contribution is 6.01. The lowest BCUT2D eigenvalue weighted by molar-refractivity contribution is -0.145. The van der Waals surface area contributed by atoms with Crippen LogP contribution in [0.1, 0.15) is 34.6 Å². The van der Waals surface area contributed by atoms with Crippen molar-refractivity contribution in [3.05, 3.63) is 131 Å². The molecule has 40 heavy (non-hydrogen) atoms. The van der Waals surface area contributed by atoms with Crippen molar-refractivity contribution in [1.82, 2.24) is 0 Å². The molecule has 0 radical (unpaired) electrons. The summed E-state index contributed by atoms with van der Waals surface area (Å²) in [5.41, 5.74) is 4.24. The number of rotatable bonds is 13. The molecular weight excluding hydrogens is 504 g/mol. The van der Waals surface area contributed by atoms with Gasteiger partial charge in [-0.1, -0.05) is 90.1 Å². The summed E-state index contributed by atoms with van der Waals surface area (Å²) in [4.78, 5) is 17.2. The second-order valence-electron chi connectivity index (χ2n) is 8.91. The number of ether oxygens (including phenoxy) is 3. The van der Waals surface area contributed by atoms with Crippen LogP contribution in [0.4, 0.5) is 0 Å². The number of hydrogen-bond acceptors (Lipinski definition) is 7. The van der Waals surface area contributed by atoms with Crippen molar-refractivity contribution in [3.8, 4) is 17.6 Å². The summed E-state index contributed by atoms with van der Waals surface area (Å²) < 4.78 is 17.1. The van der Waals surface area contributed by atoms with Crippen molar-refractivity contribution in [2.45, 2.75) is 25.6 Å². The number of nitriles is 1.